The van der Waals surface area contributed by atoms with E-state index in [0.717, 1.165) is 18.7 Å². The lowest BCUT2D eigenvalue weighted by Crippen LogP contribution is -2.39. The molecule has 0 aromatic heterocycles. The van der Waals surface area contributed by atoms with Crippen LogP contribution in [-0.2, 0) is 6.54 Å². The Labute approximate surface area is 114 Å². The number of rotatable bonds is 5. The standard InChI is InChI=1S/C15H24N2O2/c1-2-17(14-5-3-4-11(14)9-16)10-12-6-7-13(18)8-15(12)19/h6-8,11,14,18-19H,2-5,9-10,16H2,1H3. The summed E-state index contributed by atoms with van der Waals surface area (Å²) in [5.41, 5.74) is 6.71. The molecule has 4 heteroatoms. The molecule has 0 aliphatic heterocycles. The third-order valence-electron chi connectivity index (χ3n) is 4.24. The summed E-state index contributed by atoms with van der Waals surface area (Å²) in [6, 6.07) is 5.33. The van der Waals surface area contributed by atoms with Gasteiger partial charge in [-0.25, -0.2) is 0 Å². The van der Waals surface area contributed by atoms with Crippen LogP contribution in [0.25, 0.3) is 0 Å². The molecule has 0 saturated heterocycles. The zero-order valence-corrected chi connectivity index (χ0v) is 11.5. The molecular weight excluding hydrogens is 240 g/mol. The van der Waals surface area contributed by atoms with E-state index in [9.17, 15) is 10.2 Å². The summed E-state index contributed by atoms with van der Waals surface area (Å²) in [4.78, 5) is 2.39. The van der Waals surface area contributed by atoms with Crippen molar-refractivity contribution < 1.29 is 10.2 Å². The van der Waals surface area contributed by atoms with E-state index in [1.54, 1.807) is 12.1 Å². The molecular formula is C15H24N2O2. The van der Waals surface area contributed by atoms with E-state index in [4.69, 9.17) is 5.73 Å². The minimum atomic E-state index is 0.102. The van der Waals surface area contributed by atoms with Gasteiger partial charge in [-0.15, -0.1) is 0 Å². The van der Waals surface area contributed by atoms with E-state index in [2.05, 4.69) is 11.8 Å². The number of aromatic hydroxyl groups is 2. The summed E-state index contributed by atoms with van der Waals surface area (Å²) in [5.74, 6) is 0.838. The van der Waals surface area contributed by atoms with Crippen molar-refractivity contribution in [1.82, 2.24) is 4.90 Å². The zero-order valence-electron chi connectivity index (χ0n) is 11.5. The minimum absolute atomic E-state index is 0.102. The van der Waals surface area contributed by atoms with Crippen molar-refractivity contribution in [2.45, 2.75) is 38.8 Å². The highest BCUT2D eigenvalue weighted by atomic mass is 16.3. The molecule has 4 nitrogen and oxygen atoms in total. The molecule has 0 radical (unpaired) electrons. The Morgan fingerprint density at radius 1 is 1.32 bits per heavy atom. The van der Waals surface area contributed by atoms with Crippen LogP contribution >= 0.6 is 0 Å². The van der Waals surface area contributed by atoms with E-state index in [0.29, 0.717) is 18.5 Å². The van der Waals surface area contributed by atoms with Crippen LogP contribution in [0.1, 0.15) is 31.7 Å². The Kier molecular flexibility index (Phi) is 4.66. The molecule has 1 aromatic rings. The molecule has 4 N–H and O–H groups in total. The van der Waals surface area contributed by atoms with Gasteiger partial charge in [-0.1, -0.05) is 19.4 Å². The Balaban J connectivity index is 2.10. The maximum Gasteiger partial charge on any atom is 0.123 e. The van der Waals surface area contributed by atoms with Gasteiger partial charge in [0, 0.05) is 24.2 Å². The van der Waals surface area contributed by atoms with E-state index in [1.807, 2.05) is 0 Å². The van der Waals surface area contributed by atoms with Crippen LogP contribution in [0.4, 0.5) is 0 Å². The quantitative estimate of drug-likeness (QED) is 0.761. The van der Waals surface area contributed by atoms with Crippen molar-refractivity contribution in [3.63, 3.8) is 0 Å². The molecule has 106 valence electrons. The number of phenols is 2. The molecule has 0 heterocycles. The Hall–Kier alpha value is -1.26. The van der Waals surface area contributed by atoms with E-state index < -0.39 is 0 Å². The maximum absolute atomic E-state index is 9.89. The lowest BCUT2D eigenvalue weighted by molar-refractivity contribution is 0.160. The number of hydrogen-bond donors (Lipinski definition) is 3. The van der Waals surface area contributed by atoms with Gasteiger partial charge >= 0.3 is 0 Å². The van der Waals surface area contributed by atoms with Crippen molar-refractivity contribution >= 4 is 0 Å². The Bertz CT molecular complexity index is 423. The topological polar surface area (TPSA) is 69.7 Å². The predicted molar refractivity (Wildman–Crippen MR) is 76.0 cm³/mol. The molecule has 1 fully saturated rings. The second-order valence-electron chi connectivity index (χ2n) is 5.37. The lowest BCUT2D eigenvalue weighted by Gasteiger charge is -2.32. The van der Waals surface area contributed by atoms with Gasteiger partial charge in [0.1, 0.15) is 11.5 Å². The molecule has 19 heavy (non-hydrogen) atoms. The fraction of sp³-hybridized carbons (Fsp3) is 0.600. The molecule has 2 unspecified atom stereocenters. The van der Waals surface area contributed by atoms with Crippen LogP contribution in [0.5, 0.6) is 11.5 Å². The first-order valence-electron chi connectivity index (χ1n) is 7.10. The molecule has 2 rings (SSSR count). The SMILES string of the molecule is CCN(Cc1ccc(O)cc1O)C1CCCC1CN. The highest BCUT2D eigenvalue weighted by Gasteiger charge is 2.30. The highest BCUT2D eigenvalue weighted by Crippen LogP contribution is 2.31. The molecule has 0 spiro atoms. The predicted octanol–water partition coefficient (Wildman–Crippen LogP) is 2.05. The number of phenolic OH excluding ortho intramolecular Hbond substituents is 2. The highest BCUT2D eigenvalue weighted by molar-refractivity contribution is 5.38. The summed E-state index contributed by atoms with van der Waals surface area (Å²) >= 11 is 0. The van der Waals surface area contributed by atoms with Gasteiger partial charge in [0.15, 0.2) is 0 Å². The Morgan fingerprint density at radius 3 is 2.74 bits per heavy atom. The number of benzene rings is 1. The first kappa shape index (κ1) is 14.2. The van der Waals surface area contributed by atoms with Crippen molar-refractivity contribution in [2.24, 2.45) is 11.7 Å². The fourth-order valence-electron chi connectivity index (χ4n) is 3.14. The molecule has 1 aromatic carbocycles. The monoisotopic (exact) mass is 264 g/mol. The molecule has 0 amide bonds. The summed E-state index contributed by atoms with van der Waals surface area (Å²) in [6.45, 7) is 4.54. The van der Waals surface area contributed by atoms with Crippen LogP contribution in [0, 0.1) is 5.92 Å². The van der Waals surface area contributed by atoms with E-state index >= 15 is 0 Å². The first-order valence-corrected chi connectivity index (χ1v) is 7.10. The fourth-order valence-corrected chi connectivity index (χ4v) is 3.14. The van der Waals surface area contributed by atoms with Gasteiger partial charge < -0.3 is 15.9 Å². The van der Waals surface area contributed by atoms with E-state index in [1.165, 1.54) is 25.3 Å². The summed E-state index contributed by atoms with van der Waals surface area (Å²) in [7, 11) is 0. The average molecular weight is 264 g/mol. The summed E-state index contributed by atoms with van der Waals surface area (Å²) < 4.78 is 0. The zero-order chi connectivity index (χ0) is 13.8. The number of nitrogens with two attached hydrogens (primary N) is 1. The van der Waals surface area contributed by atoms with Gasteiger partial charge in [-0.2, -0.15) is 0 Å². The van der Waals surface area contributed by atoms with Crippen molar-refractivity contribution in [2.75, 3.05) is 13.1 Å². The van der Waals surface area contributed by atoms with Crippen LogP contribution in [-0.4, -0.2) is 34.2 Å². The van der Waals surface area contributed by atoms with Crippen LogP contribution in [0.2, 0.25) is 0 Å². The smallest absolute Gasteiger partial charge is 0.123 e. The summed E-state index contributed by atoms with van der Waals surface area (Å²) in [6.07, 6.45) is 3.64. The third kappa shape index (κ3) is 3.19. The van der Waals surface area contributed by atoms with Crippen molar-refractivity contribution in [3.05, 3.63) is 23.8 Å². The molecule has 2 atom stereocenters. The molecule has 1 aliphatic rings. The molecule has 0 bridgehead atoms. The minimum Gasteiger partial charge on any atom is -0.508 e. The normalized spacial score (nSPS) is 23.1. The summed E-state index contributed by atoms with van der Waals surface area (Å²) in [5, 5.41) is 19.2. The van der Waals surface area contributed by atoms with Crippen molar-refractivity contribution in [1.29, 1.82) is 0 Å². The third-order valence-corrected chi connectivity index (χ3v) is 4.24. The maximum atomic E-state index is 9.89. The first-order chi connectivity index (χ1) is 9.15. The van der Waals surface area contributed by atoms with Gasteiger partial charge in [0.05, 0.1) is 0 Å². The lowest BCUT2D eigenvalue weighted by atomic mass is 10.0. The van der Waals surface area contributed by atoms with E-state index in [-0.39, 0.29) is 11.5 Å². The van der Waals surface area contributed by atoms with Gasteiger partial charge in [-0.3, -0.25) is 4.90 Å². The average Bonchev–Trinajstić information content (AvgIpc) is 2.86. The molecule has 1 aliphatic carbocycles. The van der Waals surface area contributed by atoms with Crippen LogP contribution < -0.4 is 5.73 Å². The second-order valence-corrected chi connectivity index (χ2v) is 5.37. The van der Waals surface area contributed by atoms with Crippen molar-refractivity contribution in [3.8, 4) is 11.5 Å². The number of nitrogens with zero attached hydrogens (tertiary/aromatic N) is 1. The Morgan fingerprint density at radius 2 is 2.11 bits per heavy atom. The number of hydrogen-bond acceptors (Lipinski definition) is 4. The van der Waals surface area contributed by atoms with Gasteiger partial charge in [0.25, 0.3) is 0 Å². The largest absolute Gasteiger partial charge is 0.508 e. The van der Waals surface area contributed by atoms with Crippen LogP contribution in [0.3, 0.4) is 0 Å². The van der Waals surface area contributed by atoms with Crippen LogP contribution in [0.15, 0.2) is 18.2 Å². The van der Waals surface area contributed by atoms with Gasteiger partial charge in [-0.05, 0) is 37.9 Å². The van der Waals surface area contributed by atoms with Gasteiger partial charge in [0.2, 0.25) is 0 Å². The molecule has 1 saturated carbocycles. The second kappa shape index (κ2) is 6.26.